The van der Waals surface area contributed by atoms with E-state index in [4.69, 9.17) is 0 Å². The lowest BCUT2D eigenvalue weighted by Crippen LogP contribution is -2.13. The van der Waals surface area contributed by atoms with Crippen LogP contribution in [0.15, 0.2) is 53.4 Å². The molecule has 0 fully saturated rings. The fourth-order valence-electron chi connectivity index (χ4n) is 1.76. The number of carbonyl (C=O) groups excluding carboxylic acids is 1. The molecule has 0 atom stereocenters. The molecule has 0 saturated carbocycles. The van der Waals surface area contributed by atoms with Crippen LogP contribution in [-0.2, 0) is 4.79 Å². The zero-order valence-electron chi connectivity index (χ0n) is 11.2. The third kappa shape index (κ3) is 4.83. The van der Waals surface area contributed by atoms with Gasteiger partial charge < -0.3 is 5.32 Å². The lowest BCUT2D eigenvalue weighted by atomic mass is 10.2. The molecule has 20 heavy (non-hydrogen) atoms. The van der Waals surface area contributed by atoms with Crippen molar-refractivity contribution in [2.24, 2.45) is 0 Å². The molecule has 0 heterocycles. The molecule has 104 valence electrons. The number of hydrogen-bond donors (Lipinski definition) is 1. The lowest BCUT2D eigenvalue weighted by Gasteiger charge is -2.08. The predicted octanol–water partition coefficient (Wildman–Crippen LogP) is 4.72. The first-order valence-electron chi connectivity index (χ1n) is 6.39. The van der Waals surface area contributed by atoms with E-state index in [0.717, 1.165) is 17.0 Å². The van der Waals surface area contributed by atoms with Crippen LogP contribution in [0.1, 0.15) is 12.0 Å². The van der Waals surface area contributed by atoms with Crippen LogP contribution in [0.4, 0.5) is 5.69 Å². The van der Waals surface area contributed by atoms with Gasteiger partial charge in [-0.25, -0.2) is 0 Å². The fourth-order valence-corrected chi connectivity index (χ4v) is 3.28. The van der Waals surface area contributed by atoms with Gasteiger partial charge in [-0.2, -0.15) is 0 Å². The minimum Gasteiger partial charge on any atom is -0.326 e. The Kier molecular flexibility index (Phi) is 5.91. The molecule has 0 saturated heterocycles. The van der Waals surface area contributed by atoms with Gasteiger partial charge in [0.1, 0.15) is 0 Å². The largest absolute Gasteiger partial charge is 0.326 e. The van der Waals surface area contributed by atoms with E-state index in [1.807, 2.05) is 37.3 Å². The number of carbonyl (C=O) groups is 1. The van der Waals surface area contributed by atoms with Crippen LogP contribution in [0.2, 0.25) is 0 Å². The SMILES string of the molecule is Cc1cc(I)ccc1NC(=O)CCSc1ccccc1. The van der Waals surface area contributed by atoms with Crippen LogP contribution < -0.4 is 5.32 Å². The van der Waals surface area contributed by atoms with Crippen molar-refractivity contribution in [3.05, 3.63) is 57.7 Å². The van der Waals surface area contributed by atoms with Crippen molar-refractivity contribution >= 4 is 45.9 Å². The number of aryl methyl sites for hydroxylation is 1. The third-order valence-electron chi connectivity index (χ3n) is 2.80. The van der Waals surface area contributed by atoms with Crippen molar-refractivity contribution in [1.29, 1.82) is 0 Å². The van der Waals surface area contributed by atoms with E-state index in [-0.39, 0.29) is 5.91 Å². The molecule has 1 N–H and O–H groups in total. The normalized spacial score (nSPS) is 10.3. The number of rotatable bonds is 5. The maximum absolute atomic E-state index is 11.9. The number of halogens is 1. The topological polar surface area (TPSA) is 29.1 Å². The third-order valence-corrected chi connectivity index (χ3v) is 4.49. The Bertz CT molecular complexity index is 586. The van der Waals surface area contributed by atoms with Gasteiger partial charge in [-0.3, -0.25) is 4.79 Å². The highest BCUT2D eigenvalue weighted by Crippen LogP contribution is 2.20. The van der Waals surface area contributed by atoms with Gasteiger partial charge in [-0.15, -0.1) is 11.8 Å². The van der Waals surface area contributed by atoms with Gasteiger partial charge in [-0.1, -0.05) is 18.2 Å². The molecule has 0 aliphatic carbocycles. The highest BCUT2D eigenvalue weighted by atomic mass is 127. The summed E-state index contributed by atoms with van der Waals surface area (Å²) in [5.74, 6) is 0.858. The molecule has 0 radical (unpaired) electrons. The first-order valence-corrected chi connectivity index (χ1v) is 8.45. The fraction of sp³-hybridized carbons (Fsp3) is 0.188. The molecule has 0 aromatic heterocycles. The summed E-state index contributed by atoms with van der Waals surface area (Å²) in [4.78, 5) is 13.1. The Morgan fingerprint density at radius 3 is 2.65 bits per heavy atom. The average Bonchev–Trinajstić information content (AvgIpc) is 2.43. The second-order valence-electron chi connectivity index (χ2n) is 4.42. The molecule has 0 aliphatic heterocycles. The van der Waals surface area contributed by atoms with Crippen LogP contribution >= 0.6 is 34.4 Å². The smallest absolute Gasteiger partial charge is 0.225 e. The van der Waals surface area contributed by atoms with Crippen LogP contribution in [0.5, 0.6) is 0 Å². The van der Waals surface area contributed by atoms with Crippen molar-refractivity contribution in [3.63, 3.8) is 0 Å². The Balaban J connectivity index is 1.81. The molecule has 1 amide bonds. The first-order chi connectivity index (χ1) is 9.65. The summed E-state index contributed by atoms with van der Waals surface area (Å²) < 4.78 is 1.18. The maximum Gasteiger partial charge on any atom is 0.225 e. The number of amides is 1. The van der Waals surface area contributed by atoms with Crippen molar-refractivity contribution in [2.45, 2.75) is 18.2 Å². The number of thioether (sulfide) groups is 1. The second kappa shape index (κ2) is 7.69. The summed E-state index contributed by atoms with van der Waals surface area (Å²) in [6.07, 6.45) is 0.519. The Morgan fingerprint density at radius 2 is 1.95 bits per heavy atom. The van der Waals surface area contributed by atoms with Gasteiger partial charge in [0.25, 0.3) is 0 Å². The zero-order valence-corrected chi connectivity index (χ0v) is 14.2. The Hall–Kier alpha value is -1.01. The molecule has 0 aliphatic rings. The van der Waals surface area contributed by atoms with Gasteiger partial charge in [0, 0.05) is 26.3 Å². The molecule has 2 aromatic rings. The van der Waals surface area contributed by atoms with E-state index in [1.165, 1.54) is 8.47 Å². The summed E-state index contributed by atoms with van der Waals surface area (Å²) in [6.45, 7) is 2.01. The van der Waals surface area contributed by atoms with E-state index < -0.39 is 0 Å². The van der Waals surface area contributed by atoms with Gasteiger partial charge >= 0.3 is 0 Å². The van der Waals surface area contributed by atoms with Gasteiger partial charge in [0.15, 0.2) is 0 Å². The quantitative estimate of drug-likeness (QED) is 0.584. The van der Waals surface area contributed by atoms with E-state index >= 15 is 0 Å². The highest BCUT2D eigenvalue weighted by molar-refractivity contribution is 14.1. The van der Waals surface area contributed by atoms with Crippen LogP contribution in [0.25, 0.3) is 0 Å². The summed E-state index contributed by atoms with van der Waals surface area (Å²) in [7, 11) is 0. The standard InChI is InChI=1S/C16H16INOS/c1-12-11-13(17)7-8-15(12)18-16(19)9-10-20-14-5-3-2-4-6-14/h2-8,11H,9-10H2,1H3,(H,18,19). The Labute approximate surface area is 137 Å². The van der Waals surface area contributed by atoms with Gasteiger partial charge in [0.05, 0.1) is 0 Å². The van der Waals surface area contributed by atoms with Crippen LogP contribution in [0, 0.1) is 10.5 Å². The average molecular weight is 397 g/mol. The summed E-state index contributed by atoms with van der Waals surface area (Å²) in [5.41, 5.74) is 2.00. The van der Waals surface area contributed by atoms with Gasteiger partial charge in [0.2, 0.25) is 5.91 Å². The molecule has 0 bridgehead atoms. The second-order valence-corrected chi connectivity index (χ2v) is 6.83. The van der Waals surface area contributed by atoms with Crippen molar-refractivity contribution < 1.29 is 4.79 Å². The molecule has 0 unspecified atom stereocenters. The molecule has 0 spiro atoms. The highest BCUT2D eigenvalue weighted by Gasteiger charge is 2.05. The molecule has 4 heteroatoms. The monoisotopic (exact) mass is 397 g/mol. The predicted molar refractivity (Wildman–Crippen MR) is 94.3 cm³/mol. The number of hydrogen-bond acceptors (Lipinski definition) is 2. The molecule has 2 nitrogen and oxygen atoms in total. The van der Waals surface area contributed by atoms with Gasteiger partial charge in [-0.05, 0) is 65.4 Å². The van der Waals surface area contributed by atoms with Crippen molar-refractivity contribution in [3.8, 4) is 0 Å². The first kappa shape index (κ1) is 15.4. The number of anilines is 1. The molecular weight excluding hydrogens is 381 g/mol. The van der Waals surface area contributed by atoms with E-state index in [1.54, 1.807) is 11.8 Å². The van der Waals surface area contributed by atoms with Crippen LogP contribution in [0.3, 0.4) is 0 Å². The Morgan fingerprint density at radius 1 is 1.20 bits per heavy atom. The molecular formula is C16H16INOS. The maximum atomic E-state index is 11.9. The number of benzene rings is 2. The zero-order chi connectivity index (χ0) is 14.4. The summed E-state index contributed by atoms with van der Waals surface area (Å²) in [5, 5.41) is 2.97. The summed E-state index contributed by atoms with van der Waals surface area (Å²) >= 11 is 3.97. The van der Waals surface area contributed by atoms with E-state index in [2.05, 4.69) is 46.1 Å². The number of nitrogens with one attached hydrogen (secondary N) is 1. The minimum atomic E-state index is 0.0674. The minimum absolute atomic E-state index is 0.0674. The molecule has 2 aromatic carbocycles. The summed E-state index contributed by atoms with van der Waals surface area (Å²) in [6, 6.07) is 16.2. The van der Waals surface area contributed by atoms with Crippen LogP contribution in [-0.4, -0.2) is 11.7 Å². The molecule has 2 rings (SSSR count). The van der Waals surface area contributed by atoms with Crippen molar-refractivity contribution in [2.75, 3.05) is 11.1 Å². The lowest BCUT2D eigenvalue weighted by molar-refractivity contribution is -0.115. The van der Waals surface area contributed by atoms with E-state index in [9.17, 15) is 4.79 Å². The van der Waals surface area contributed by atoms with E-state index in [0.29, 0.717) is 6.42 Å². The van der Waals surface area contributed by atoms with Crippen molar-refractivity contribution in [1.82, 2.24) is 0 Å².